The standard InChI is InChI=1S/C8H13NS/c9-7-10-6-8-4-2-1-3-5-8/h8H,1-6H2. The summed E-state index contributed by atoms with van der Waals surface area (Å²) in [6.45, 7) is 0. The molecular formula is C8H13NS. The smallest absolute Gasteiger partial charge is 0.133 e. The van der Waals surface area contributed by atoms with Crippen LogP contribution in [-0.4, -0.2) is 5.75 Å². The predicted molar refractivity (Wildman–Crippen MR) is 44.6 cm³/mol. The maximum absolute atomic E-state index is 8.31. The van der Waals surface area contributed by atoms with Gasteiger partial charge in [-0.25, -0.2) is 0 Å². The van der Waals surface area contributed by atoms with Crippen molar-refractivity contribution in [1.82, 2.24) is 0 Å². The molecule has 0 saturated heterocycles. The quantitative estimate of drug-likeness (QED) is 0.572. The first kappa shape index (κ1) is 7.94. The zero-order valence-corrected chi connectivity index (χ0v) is 6.99. The molecule has 0 amide bonds. The van der Waals surface area contributed by atoms with Crippen molar-refractivity contribution in [3.8, 4) is 5.40 Å². The van der Waals surface area contributed by atoms with Crippen LogP contribution in [0.3, 0.4) is 0 Å². The molecule has 0 aromatic rings. The van der Waals surface area contributed by atoms with E-state index in [2.05, 4.69) is 5.40 Å². The van der Waals surface area contributed by atoms with E-state index in [1.54, 1.807) is 0 Å². The van der Waals surface area contributed by atoms with Crippen LogP contribution in [0.1, 0.15) is 32.1 Å². The molecule has 0 heterocycles. The minimum absolute atomic E-state index is 0.846. The summed E-state index contributed by atoms with van der Waals surface area (Å²) >= 11 is 1.42. The monoisotopic (exact) mass is 155 g/mol. The molecule has 1 aliphatic rings. The van der Waals surface area contributed by atoms with Gasteiger partial charge in [0.1, 0.15) is 5.40 Å². The van der Waals surface area contributed by atoms with E-state index in [0.717, 1.165) is 11.7 Å². The van der Waals surface area contributed by atoms with Gasteiger partial charge in [0, 0.05) is 5.75 Å². The molecule has 1 aliphatic carbocycles. The zero-order valence-electron chi connectivity index (χ0n) is 6.18. The molecule has 0 radical (unpaired) electrons. The highest BCUT2D eigenvalue weighted by Gasteiger charge is 2.12. The van der Waals surface area contributed by atoms with E-state index >= 15 is 0 Å². The van der Waals surface area contributed by atoms with Crippen molar-refractivity contribution in [2.75, 3.05) is 5.75 Å². The molecule has 0 aromatic carbocycles. The Morgan fingerprint density at radius 3 is 2.60 bits per heavy atom. The Hall–Kier alpha value is -0.160. The Kier molecular flexibility index (Phi) is 3.67. The second-order valence-electron chi connectivity index (χ2n) is 2.91. The highest BCUT2D eigenvalue weighted by Crippen LogP contribution is 2.26. The normalized spacial score (nSPS) is 20.3. The first-order valence-corrected chi connectivity index (χ1v) is 4.93. The van der Waals surface area contributed by atoms with Crippen LogP contribution in [0.5, 0.6) is 0 Å². The number of thiocyanates is 1. The first-order chi connectivity index (χ1) is 4.93. The van der Waals surface area contributed by atoms with Crippen molar-refractivity contribution in [2.24, 2.45) is 5.92 Å². The zero-order chi connectivity index (χ0) is 7.23. The van der Waals surface area contributed by atoms with Crippen molar-refractivity contribution >= 4 is 11.8 Å². The second kappa shape index (κ2) is 4.62. The molecule has 0 aromatic heterocycles. The lowest BCUT2D eigenvalue weighted by Gasteiger charge is -2.19. The van der Waals surface area contributed by atoms with Gasteiger partial charge in [0.2, 0.25) is 0 Å². The molecule has 1 saturated carbocycles. The molecule has 0 atom stereocenters. The van der Waals surface area contributed by atoms with Crippen LogP contribution in [0.25, 0.3) is 0 Å². The summed E-state index contributed by atoms with van der Waals surface area (Å²) in [6.07, 6.45) is 6.89. The van der Waals surface area contributed by atoms with E-state index in [4.69, 9.17) is 5.26 Å². The molecular weight excluding hydrogens is 142 g/mol. The van der Waals surface area contributed by atoms with Gasteiger partial charge in [0.05, 0.1) is 0 Å². The summed E-state index contributed by atoms with van der Waals surface area (Å²) in [4.78, 5) is 0. The molecule has 0 aliphatic heterocycles. The Morgan fingerprint density at radius 1 is 1.30 bits per heavy atom. The number of thioether (sulfide) groups is 1. The maximum atomic E-state index is 8.31. The maximum Gasteiger partial charge on any atom is 0.133 e. The molecule has 1 fully saturated rings. The number of nitrogens with zero attached hydrogens (tertiary/aromatic N) is 1. The van der Waals surface area contributed by atoms with E-state index in [1.165, 1.54) is 43.9 Å². The van der Waals surface area contributed by atoms with Crippen LogP contribution >= 0.6 is 11.8 Å². The van der Waals surface area contributed by atoms with Gasteiger partial charge in [-0.05, 0) is 30.5 Å². The molecule has 1 rings (SSSR count). The third-order valence-electron chi connectivity index (χ3n) is 2.11. The van der Waals surface area contributed by atoms with Crippen LogP contribution in [0, 0.1) is 16.6 Å². The summed E-state index contributed by atoms with van der Waals surface area (Å²) in [5.41, 5.74) is 0. The van der Waals surface area contributed by atoms with Gasteiger partial charge in [0.25, 0.3) is 0 Å². The van der Waals surface area contributed by atoms with Crippen LogP contribution in [0.4, 0.5) is 0 Å². The molecule has 0 bridgehead atoms. The molecule has 2 heteroatoms. The third kappa shape index (κ3) is 2.62. The van der Waals surface area contributed by atoms with Gasteiger partial charge >= 0.3 is 0 Å². The number of hydrogen-bond acceptors (Lipinski definition) is 2. The fourth-order valence-electron chi connectivity index (χ4n) is 1.51. The van der Waals surface area contributed by atoms with Crippen molar-refractivity contribution in [3.05, 3.63) is 0 Å². The molecule has 0 N–H and O–H groups in total. The van der Waals surface area contributed by atoms with E-state index in [1.807, 2.05) is 0 Å². The first-order valence-electron chi connectivity index (χ1n) is 3.94. The fourth-order valence-corrected chi connectivity index (χ4v) is 2.15. The second-order valence-corrected chi connectivity index (χ2v) is 3.71. The van der Waals surface area contributed by atoms with Gasteiger partial charge < -0.3 is 0 Å². The summed E-state index contributed by atoms with van der Waals surface area (Å²) in [5, 5.41) is 10.4. The predicted octanol–water partition coefficient (Wildman–Crippen LogP) is 2.78. The fraction of sp³-hybridized carbons (Fsp3) is 0.875. The highest BCUT2D eigenvalue weighted by atomic mass is 32.2. The lowest BCUT2D eigenvalue weighted by molar-refractivity contribution is 0.391. The molecule has 0 spiro atoms. The third-order valence-corrected chi connectivity index (χ3v) is 2.88. The number of nitriles is 1. The number of rotatable bonds is 2. The Balaban J connectivity index is 2.09. The van der Waals surface area contributed by atoms with Crippen molar-refractivity contribution in [3.63, 3.8) is 0 Å². The van der Waals surface area contributed by atoms with Gasteiger partial charge in [0.15, 0.2) is 0 Å². The molecule has 10 heavy (non-hydrogen) atoms. The van der Waals surface area contributed by atoms with E-state index in [-0.39, 0.29) is 0 Å². The SMILES string of the molecule is N#CSCC1CCCCC1. The number of hydrogen-bond donors (Lipinski definition) is 0. The van der Waals surface area contributed by atoms with Crippen LogP contribution < -0.4 is 0 Å². The largest absolute Gasteiger partial charge is 0.185 e. The Labute approximate surface area is 66.8 Å². The van der Waals surface area contributed by atoms with Crippen LogP contribution in [0.2, 0.25) is 0 Å². The van der Waals surface area contributed by atoms with Gasteiger partial charge in [-0.2, -0.15) is 5.26 Å². The van der Waals surface area contributed by atoms with Crippen molar-refractivity contribution < 1.29 is 0 Å². The lowest BCUT2D eigenvalue weighted by Crippen LogP contribution is -2.07. The summed E-state index contributed by atoms with van der Waals surface area (Å²) in [6, 6.07) is 0. The van der Waals surface area contributed by atoms with Gasteiger partial charge in [-0.15, -0.1) is 0 Å². The molecule has 1 nitrogen and oxygen atoms in total. The summed E-state index contributed by atoms with van der Waals surface area (Å²) in [7, 11) is 0. The minimum atomic E-state index is 0.846. The van der Waals surface area contributed by atoms with Crippen LogP contribution in [-0.2, 0) is 0 Å². The van der Waals surface area contributed by atoms with Gasteiger partial charge in [-0.3, -0.25) is 0 Å². The van der Waals surface area contributed by atoms with E-state index in [0.29, 0.717) is 0 Å². The van der Waals surface area contributed by atoms with Crippen molar-refractivity contribution in [2.45, 2.75) is 32.1 Å². The summed E-state index contributed by atoms with van der Waals surface area (Å²) in [5.74, 6) is 1.91. The molecule has 56 valence electrons. The molecule has 0 unspecified atom stereocenters. The minimum Gasteiger partial charge on any atom is -0.185 e. The highest BCUT2D eigenvalue weighted by molar-refractivity contribution is 8.03. The summed E-state index contributed by atoms with van der Waals surface area (Å²) < 4.78 is 0. The lowest BCUT2D eigenvalue weighted by atomic mass is 9.91. The Bertz CT molecular complexity index is 122. The van der Waals surface area contributed by atoms with E-state index in [9.17, 15) is 0 Å². The van der Waals surface area contributed by atoms with Gasteiger partial charge in [-0.1, -0.05) is 19.3 Å². The average molecular weight is 155 g/mol. The van der Waals surface area contributed by atoms with E-state index < -0.39 is 0 Å². The van der Waals surface area contributed by atoms with Crippen molar-refractivity contribution in [1.29, 1.82) is 5.26 Å². The Morgan fingerprint density at radius 2 is 2.00 bits per heavy atom. The topological polar surface area (TPSA) is 23.8 Å². The van der Waals surface area contributed by atoms with Crippen LogP contribution in [0.15, 0.2) is 0 Å². The average Bonchev–Trinajstić information content (AvgIpc) is 2.03.